The van der Waals surface area contributed by atoms with Gasteiger partial charge < -0.3 is 4.74 Å². The average molecular weight is 201 g/mol. The van der Waals surface area contributed by atoms with Crippen molar-refractivity contribution in [3.05, 3.63) is 35.7 Å². The Kier molecular flexibility index (Phi) is 2.37. The third kappa shape index (κ3) is 1.46. The van der Waals surface area contributed by atoms with Crippen LogP contribution in [0.3, 0.4) is 0 Å². The Balaban J connectivity index is 2.88. The van der Waals surface area contributed by atoms with E-state index in [2.05, 4.69) is 4.98 Å². The van der Waals surface area contributed by atoms with Crippen LogP contribution in [-0.2, 0) is 0 Å². The van der Waals surface area contributed by atoms with Crippen molar-refractivity contribution in [1.29, 1.82) is 0 Å². The second-order valence-electron chi connectivity index (χ2n) is 3.30. The third-order valence-electron chi connectivity index (χ3n) is 2.46. The molecule has 0 saturated carbocycles. The van der Waals surface area contributed by atoms with E-state index >= 15 is 0 Å². The van der Waals surface area contributed by atoms with Gasteiger partial charge in [-0.1, -0.05) is 6.07 Å². The molecule has 1 heterocycles. The van der Waals surface area contributed by atoms with Crippen molar-refractivity contribution in [2.75, 3.05) is 7.11 Å². The molecule has 1 aromatic carbocycles. The molecule has 0 spiro atoms. The Morgan fingerprint density at radius 3 is 2.73 bits per heavy atom. The minimum Gasteiger partial charge on any atom is -0.495 e. The number of aryl methyl sites for hydroxylation is 1. The second-order valence-corrected chi connectivity index (χ2v) is 3.30. The molecule has 2 rings (SSSR count). The summed E-state index contributed by atoms with van der Waals surface area (Å²) in [5, 5.41) is 1.94. The van der Waals surface area contributed by atoms with Crippen LogP contribution in [0.15, 0.2) is 24.4 Å². The molecule has 3 heteroatoms. The number of rotatable bonds is 2. The van der Waals surface area contributed by atoms with Gasteiger partial charge in [0.15, 0.2) is 6.29 Å². The summed E-state index contributed by atoms with van der Waals surface area (Å²) >= 11 is 0. The van der Waals surface area contributed by atoms with E-state index in [9.17, 15) is 4.79 Å². The summed E-state index contributed by atoms with van der Waals surface area (Å²) in [6.07, 6.45) is 2.52. The van der Waals surface area contributed by atoms with E-state index in [4.69, 9.17) is 4.74 Å². The van der Waals surface area contributed by atoms with Crippen LogP contribution in [0.25, 0.3) is 10.8 Å². The predicted octanol–water partition coefficient (Wildman–Crippen LogP) is 2.36. The van der Waals surface area contributed by atoms with Crippen molar-refractivity contribution in [3.63, 3.8) is 0 Å². The van der Waals surface area contributed by atoms with Gasteiger partial charge in [-0.15, -0.1) is 0 Å². The number of pyridine rings is 1. The number of carbonyl (C=O) groups is 1. The number of nitrogens with zero attached hydrogens (tertiary/aromatic N) is 1. The van der Waals surface area contributed by atoms with Crippen LogP contribution in [0.2, 0.25) is 0 Å². The molecule has 2 aromatic rings. The quantitative estimate of drug-likeness (QED) is 0.700. The van der Waals surface area contributed by atoms with Gasteiger partial charge in [0.05, 0.1) is 12.7 Å². The van der Waals surface area contributed by atoms with Crippen LogP contribution in [0.4, 0.5) is 0 Å². The van der Waals surface area contributed by atoms with Crippen molar-refractivity contribution < 1.29 is 9.53 Å². The first kappa shape index (κ1) is 9.65. The van der Waals surface area contributed by atoms with Gasteiger partial charge >= 0.3 is 0 Å². The molecule has 1 aromatic heterocycles. The lowest BCUT2D eigenvalue weighted by Crippen LogP contribution is -1.93. The predicted molar refractivity (Wildman–Crippen MR) is 58.4 cm³/mol. The number of hydrogen-bond donors (Lipinski definition) is 0. The zero-order valence-corrected chi connectivity index (χ0v) is 8.65. The van der Waals surface area contributed by atoms with Crippen molar-refractivity contribution in [1.82, 2.24) is 4.98 Å². The minimum absolute atomic E-state index is 0.565. The maximum absolute atomic E-state index is 10.8. The molecule has 3 nitrogen and oxygen atoms in total. The molecule has 0 atom stereocenters. The summed E-state index contributed by atoms with van der Waals surface area (Å²) in [5.41, 5.74) is 1.50. The van der Waals surface area contributed by atoms with Crippen molar-refractivity contribution in [2.24, 2.45) is 0 Å². The van der Waals surface area contributed by atoms with Crippen LogP contribution < -0.4 is 4.74 Å². The van der Waals surface area contributed by atoms with Crippen LogP contribution in [0.1, 0.15) is 16.1 Å². The number of aromatic nitrogens is 1. The van der Waals surface area contributed by atoms with Gasteiger partial charge in [-0.25, -0.2) is 0 Å². The van der Waals surface area contributed by atoms with E-state index in [0.29, 0.717) is 11.3 Å². The van der Waals surface area contributed by atoms with Gasteiger partial charge in [0.25, 0.3) is 0 Å². The summed E-state index contributed by atoms with van der Waals surface area (Å²) in [7, 11) is 1.57. The van der Waals surface area contributed by atoms with Crippen molar-refractivity contribution in [3.8, 4) is 5.75 Å². The highest BCUT2D eigenvalue weighted by atomic mass is 16.5. The van der Waals surface area contributed by atoms with Crippen molar-refractivity contribution >= 4 is 17.1 Å². The first-order valence-corrected chi connectivity index (χ1v) is 4.65. The highest BCUT2D eigenvalue weighted by Gasteiger charge is 2.08. The molecular weight excluding hydrogens is 190 g/mol. The molecule has 0 bridgehead atoms. The summed E-state index contributed by atoms with van der Waals surface area (Å²) in [6.45, 7) is 1.93. The highest BCUT2D eigenvalue weighted by Crippen LogP contribution is 2.29. The number of fused-ring (bicyclic) bond motifs is 1. The fraction of sp³-hybridized carbons (Fsp3) is 0.167. The first-order valence-electron chi connectivity index (χ1n) is 4.65. The molecule has 76 valence electrons. The minimum atomic E-state index is 0.565. The Bertz CT molecular complexity index is 520. The monoisotopic (exact) mass is 201 g/mol. The van der Waals surface area contributed by atoms with Gasteiger partial charge in [0.1, 0.15) is 5.75 Å². The van der Waals surface area contributed by atoms with E-state index in [1.165, 1.54) is 0 Å². The number of carbonyl (C=O) groups excluding carboxylic acids is 1. The van der Waals surface area contributed by atoms with Gasteiger partial charge in [0.2, 0.25) is 0 Å². The SMILES string of the molecule is COc1c(C=O)ccc2c(C)nccc12. The Morgan fingerprint density at radius 1 is 1.27 bits per heavy atom. The summed E-state index contributed by atoms with van der Waals surface area (Å²) < 4.78 is 5.25. The number of ether oxygens (including phenoxy) is 1. The van der Waals surface area contributed by atoms with E-state index in [0.717, 1.165) is 22.8 Å². The molecule has 0 aliphatic heterocycles. The Morgan fingerprint density at radius 2 is 2.07 bits per heavy atom. The number of hydrogen-bond acceptors (Lipinski definition) is 3. The van der Waals surface area contributed by atoms with Gasteiger partial charge in [-0.3, -0.25) is 9.78 Å². The van der Waals surface area contributed by atoms with Crippen LogP contribution in [-0.4, -0.2) is 18.4 Å². The van der Waals surface area contributed by atoms with Gasteiger partial charge in [-0.05, 0) is 19.1 Å². The summed E-state index contributed by atoms with van der Waals surface area (Å²) in [5.74, 6) is 0.619. The van der Waals surface area contributed by atoms with Crippen LogP contribution in [0.5, 0.6) is 5.75 Å². The molecule has 0 radical (unpaired) electrons. The average Bonchev–Trinajstić information content (AvgIpc) is 2.28. The molecule has 0 N–H and O–H groups in total. The third-order valence-corrected chi connectivity index (χ3v) is 2.46. The molecule has 0 aliphatic carbocycles. The maximum Gasteiger partial charge on any atom is 0.153 e. The maximum atomic E-state index is 10.8. The molecule has 0 unspecified atom stereocenters. The number of benzene rings is 1. The fourth-order valence-electron chi connectivity index (χ4n) is 1.71. The second kappa shape index (κ2) is 3.69. The largest absolute Gasteiger partial charge is 0.495 e. The van der Waals surface area contributed by atoms with Crippen LogP contribution in [0, 0.1) is 6.92 Å². The number of aldehydes is 1. The van der Waals surface area contributed by atoms with Crippen molar-refractivity contribution in [2.45, 2.75) is 6.92 Å². The normalized spacial score (nSPS) is 10.3. The lowest BCUT2D eigenvalue weighted by Gasteiger charge is -2.08. The van der Waals surface area contributed by atoms with Crippen LogP contribution >= 0.6 is 0 Å². The lowest BCUT2D eigenvalue weighted by molar-refractivity contribution is 0.112. The lowest BCUT2D eigenvalue weighted by atomic mass is 10.1. The smallest absolute Gasteiger partial charge is 0.153 e. The highest BCUT2D eigenvalue weighted by molar-refractivity contribution is 5.96. The number of methoxy groups -OCH3 is 1. The molecule has 0 aliphatic rings. The zero-order chi connectivity index (χ0) is 10.8. The molecular formula is C12H11NO2. The zero-order valence-electron chi connectivity index (χ0n) is 8.65. The first-order chi connectivity index (χ1) is 7.27. The van der Waals surface area contributed by atoms with Gasteiger partial charge in [-0.2, -0.15) is 0 Å². The molecule has 0 fully saturated rings. The molecule has 15 heavy (non-hydrogen) atoms. The summed E-state index contributed by atoms with van der Waals surface area (Å²) in [4.78, 5) is 15.0. The van der Waals surface area contributed by atoms with E-state index in [1.807, 2.05) is 19.1 Å². The summed E-state index contributed by atoms with van der Waals surface area (Å²) in [6, 6.07) is 5.50. The van der Waals surface area contributed by atoms with E-state index < -0.39 is 0 Å². The molecule has 0 saturated heterocycles. The standard InChI is InChI=1S/C12H11NO2/c1-8-10-4-3-9(7-14)12(15-2)11(10)5-6-13-8/h3-7H,1-2H3. The fourth-order valence-corrected chi connectivity index (χ4v) is 1.71. The molecule has 0 amide bonds. The Hall–Kier alpha value is -1.90. The van der Waals surface area contributed by atoms with Gasteiger partial charge in [0, 0.05) is 22.7 Å². The Labute approximate surface area is 87.7 Å². The van der Waals surface area contributed by atoms with E-state index in [1.54, 1.807) is 19.4 Å². The van der Waals surface area contributed by atoms with E-state index in [-0.39, 0.29) is 0 Å². The topological polar surface area (TPSA) is 39.2 Å².